The van der Waals surface area contributed by atoms with Crippen molar-refractivity contribution in [2.45, 2.75) is 32.1 Å². The van der Waals surface area contributed by atoms with E-state index in [4.69, 9.17) is 4.74 Å². The minimum atomic E-state index is 0.238. The lowest BCUT2D eigenvalue weighted by Crippen LogP contribution is -2.30. The number of hydrogen-bond acceptors (Lipinski definition) is 3. The molecule has 1 atom stereocenters. The van der Waals surface area contributed by atoms with Gasteiger partial charge in [0.1, 0.15) is 5.75 Å². The van der Waals surface area contributed by atoms with E-state index in [1.807, 2.05) is 12.1 Å². The Kier molecular flexibility index (Phi) is 2.84. The van der Waals surface area contributed by atoms with Gasteiger partial charge in [-0.25, -0.2) is 0 Å². The summed E-state index contributed by atoms with van der Waals surface area (Å²) in [4.78, 5) is 12.9. The first kappa shape index (κ1) is 12.4. The first-order chi connectivity index (χ1) is 9.80. The SMILES string of the molecule is O=C(c1cccc2c1OCCC2)C1CC12CCNCC2. The molecule has 4 rings (SSSR count). The second-order valence-electron chi connectivity index (χ2n) is 6.48. The molecule has 3 aliphatic rings. The Morgan fingerprint density at radius 2 is 2.15 bits per heavy atom. The molecular weight excluding hydrogens is 250 g/mol. The zero-order valence-corrected chi connectivity index (χ0v) is 11.8. The number of ketones is 1. The van der Waals surface area contributed by atoms with E-state index in [0.717, 1.165) is 63.1 Å². The minimum absolute atomic E-state index is 0.238. The molecule has 1 saturated carbocycles. The van der Waals surface area contributed by atoms with Gasteiger partial charge in [0.05, 0.1) is 12.2 Å². The normalized spacial score (nSPS) is 26.7. The largest absolute Gasteiger partial charge is 0.493 e. The van der Waals surface area contributed by atoms with E-state index in [1.54, 1.807) is 0 Å². The number of fused-ring (bicyclic) bond motifs is 1. The summed E-state index contributed by atoms with van der Waals surface area (Å²) >= 11 is 0. The molecule has 0 amide bonds. The second-order valence-corrected chi connectivity index (χ2v) is 6.48. The van der Waals surface area contributed by atoms with E-state index in [-0.39, 0.29) is 5.92 Å². The molecule has 3 nitrogen and oxygen atoms in total. The van der Waals surface area contributed by atoms with E-state index in [2.05, 4.69) is 11.4 Å². The van der Waals surface area contributed by atoms with Gasteiger partial charge in [-0.05, 0) is 62.2 Å². The molecule has 2 aliphatic heterocycles. The number of aryl methyl sites for hydroxylation is 1. The lowest BCUT2D eigenvalue weighted by atomic mass is 9.88. The maximum Gasteiger partial charge on any atom is 0.170 e. The number of carbonyl (C=O) groups excluding carboxylic acids is 1. The predicted molar refractivity (Wildman–Crippen MR) is 77.2 cm³/mol. The smallest absolute Gasteiger partial charge is 0.170 e. The molecule has 2 heterocycles. The Morgan fingerprint density at radius 1 is 1.30 bits per heavy atom. The third-order valence-electron chi connectivity index (χ3n) is 5.30. The highest BCUT2D eigenvalue weighted by atomic mass is 16.5. The van der Waals surface area contributed by atoms with Crippen LogP contribution in [-0.2, 0) is 6.42 Å². The maximum atomic E-state index is 12.9. The number of benzene rings is 1. The van der Waals surface area contributed by atoms with Crippen molar-refractivity contribution in [1.82, 2.24) is 5.32 Å². The number of Topliss-reactive ketones (excluding diaryl/α,β-unsaturated/α-hetero) is 1. The van der Waals surface area contributed by atoms with Crippen LogP contribution < -0.4 is 10.1 Å². The Morgan fingerprint density at radius 3 is 3.00 bits per heavy atom. The summed E-state index contributed by atoms with van der Waals surface area (Å²) in [6, 6.07) is 6.07. The van der Waals surface area contributed by atoms with Crippen LogP contribution in [0.3, 0.4) is 0 Å². The molecule has 1 aliphatic carbocycles. The Bertz CT molecular complexity index is 546. The zero-order valence-electron chi connectivity index (χ0n) is 11.8. The zero-order chi connectivity index (χ0) is 13.6. The minimum Gasteiger partial charge on any atom is -0.493 e. The van der Waals surface area contributed by atoms with Gasteiger partial charge < -0.3 is 10.1 Å². The van der Waals surface area contributed by atoms with E-state index in [9.17, 15) is 4.79 Å². The summed E-state index contributed by atoms with van der Waals surface area (Å²) < 4.78 is 5.80. The van der Waals surface area contributed by atoms with Crippen molar-refractivity contribution in [3.05, 3.63) is 29.3 Å². The summed E-state index contributed by atoms with van der Waals surface area (Å²) in [5, 5.41) is 3.39. The highest BCUT2D eigenvalue weighted by Gasteiger charge is 2.57. The third kappa shape index (κ3) is 1.87. The number of hydrogen-bond donors (Lipinski definition) is 1. The number of para-hydroxylation sites is 1. The molecule has 3 heteroatoms. The van der Waals surface area contributed by atoms with E-state index in [0.29, 0.717) is 11.2 Å². The lowest BCUT2D eigenvalue weighted by Gasteiger charge is -2.24. The van der Waals surface area contributed by atoms with Crippen LogP contribution in [0.15, 0.2) is 18.2 Å². The number of nitrogens with one attached hydrogen (secondary N) is 1. The van der Waals surface area contributed by atoms with Crippen LogP contribution in [0.2, 0.25) is 0 Å². The average molecular weight is 271 g/mol. The first-order valence-electron chi connectivity index (χ1n) is 7.80. The standard InChI is InChI=1S/C17H21NO2/c19-15(14-11-17(14)6-8-18-9-7-17)13-5-1-3-12-4-2-10-20-16(12)13/h1,3,5,14,18H,2,4,6-11H2. The van der Waals surface area contributed by atoms with Crippen molar-refractivity contribution in [3.8, 4) is 5.75 Å². The summed E-state index contributed by atoms with van der Waals surface area (Å²) in [5.74, 6) is 1.44. The van der Waals surface area contributed by atoms with Crippen LogP contribution >= 0.6 is 0 Å². The van der Waals surface area contributed by atoms with Gasteiger partial charge in [-0.3, -0.25) is 4.79 Å². The highest BCUT2D eigenvalue weighted by Crippen LogP contribution is 2.60. The number of carbonyl (C=O) groups is 1. The number of piperidine rings is 1. The van der Waals surface area contributed by atoms with Gasteiger partial charge in [-0.1, -0.05) is 12.1 Å². The van der Waals surface area contributed by atoms with Gasteiger partial charge in [0.2, 0.25) is 0 Å². The summed E-state index contributed by atoms with van der Waals surface area (Å²) in [7, 11) is 0. The average Bonchev–Trinajstić information content (AvgIpc) is 3.20. The fourth-order valence-electron chi connectivity index (χ4n) is 3.97. The number of rotatable bonds is 2. The fraction of sp³-hybridized carbons (Fsp3) is 0.588. The molecule has 106 valence electrons. The fourth-order valence-corrected chi connectivity index (χ4v) is 3.97. The Balaban J connectivity index is 1.61. The monoisotopic (exact) mass is 271 g/mol. The van der Waals surface area contributed by atoms with Gasteiger partial charge in [-0.2, -0.15) is 0 Å². The van der Waals surface area contributed by atoms with Crippen molar-refractivity contribution in [1.29, 1.82) is 0 Å². The third-order valence-corrected chi connectivity index (χ3v) is 5.30. The van der Waals surface area contributed by atoms with E-state index >= 15 is 0 Å². The molecule has 1 aromatic rings. The quantitative estimate of drug-likeness (QED) is 0.840. The van der Waals surface area contributed by atoms with Gasteiger partial charge in [0, 0.05) is 5.92 Å². The topological polar surface area (TPSA) is 38.3 Å². The van der Waals surface area contributed by atoms with Gasteiger partial charge >= 0.3 is 0 Å². The van der Waals surface area contributed by atoms with Crippen molar-refractivity contribution >= 4 is 5.78 Å². The molecule has 1 N–H and O–H groups in total. The molecule has 2 fully saturated rings. The van der Waals surface area contributed by atoms with Crippen molar-refractivity contribution in [3.63, 3.8) is 0 Å². The molecule has 1 unspecified atom stereocenters. The molecule has 0 radical (unpaired) electrons. The van der Waals surface area contributed by atoms with Crippen molar-refractivity contribution in [2.75, 3.05) is 19.7 Å². The van der Waals surface area contributed by atoms with Crippen LogP contribution in [0.4, 0.5) is 0 Å². The molecule has 0 aromatic heterocycles. The van der Waals surface area contributed by atoms with Crippen LogP contribution in [0.1, 0.15) is 41.6 Å². The predicted octanol–water partition coefficient (Wildman–Crippen LogP) is 2.58. The van der Waals surface area contributed by atoms with Gasteiger partial charge in [0.15, 0.2) is 5.78 Å². The molecule has 0 bridgehead atoms. The summed E-state index contributed by atoms with van der Waals surface area (Å²) in [5.41, 5.74) is 2.35. The van der Waals surface area contributed by atoms with E-state index < -0.39 is 0 Å². The molecule has 1 saturated heterocycles. The van der Waals surface area contributed by atoms with Gasteiger partial charge in [0.25, 0.3) is 0 Å². The molecule has 1 aromatic carbocycles. The van der Waals surface area contributed by atoms with Crippen molar-refractivity contribution in [2.24, 2.45) is 11.3 Å². The van der Waals surface area contributed by atoms with Crippen LogP contribution in [-0.4, -0.2) is 25.5 Å². The molecule has 1 spiro atoms. The molecular formula is C17H21NO2. The maximum absolute atomic E-state index is 12.9. The van der Waals surface area contributed by atoms with Crippen LogP contribution in [0, 0.1) is 11.3 Å². The lowest BCUT2D eigenvalue weighted by molar-refractivity contribution is 0.0935. The Hall–Kier alpha value is -1.35. The summed E-state index contributed by atoms with van der Waals surface area (Å²) in [6.45, 7) is 2.87. The second kappa shape index (κ2) is 4.59. The highest BCUT2D eigenvalue weighted by molar-refractivity contribution is 6.02. The molecule has 20 heavy (non-hydrogen) atoms. The van der Waals surface area contributed by atoms with Crippen LogP contribution in [0.25, 0.3) is 0 Å². The van der Waals surface area contributed by atoms with Crippen LogP contribution in [0.5, 0.6) is 5.75 Å². The first-order valence-corrected chi connectivity index (χ1v) is 7.80. The van der Waals surface area contributed by atoms with Gasteiger partial charge in [-0.15, -0.1) is 0 Å². The summed E-state index contributed by atoms with van der Waals surface area (Å²) in [6.07, 6.45) is 5.48. The Labute approximate surface area is 119 Å². The van der Waals surface area contributed by atoms with E-state index in [1.165, 1.54) is 5.56 Å². The van der Waals surface area contributed by atoms with Crippen molar-refractivity contribution < 1.29 is 9.53 Å². The number of ether oxygens (including phenoxy) is 1.